The Labute approximate surface area is 168 Å². The number of carbonyl (C=O) groups excluding carboxylic acids is 1. The smallest absolute Gasteiger partial charge is 0.255 e. The van der Waals surface area contributed by atoms with Gasteiger partial charge in [-0.3, -0.25) is 4.79 Å². The molecule has 0 aliphatic rings. The van der Waals surface area contributed by atoms with Crippen molar-refractivity contribution in [1.82, 2.24) is 0 Å². The molecule has 0 saturated heterocycles. The highest BCUT2D eigenvalue weighted by Gasteiger charge is 2.08. The summed E-state index contributed by atoms with van der Waals surface area (Å²) in [6.45, 7) is 2.63. The van der Waals surface area contributed by atoms with E-state index in [1.165, 1.54) is 5.56 Å². The summed E-state index contributed by atoms with van der Waals surface area (Å²) in [6, 6.07) is 23.4. The molecule has 138 valence electrons. The molecule has 0 unspecified atom stereocenters. The van der Waals surface area contributed by atoms with Crippen molar-refractivity contribution in [3.8, 4) is 5.75 Å². The number of rotatable bonds is 7. The first-order chi connectivity index (χ1) is 13.1. The van der Waals surface area contributed by atoms with Crippen molar-refractivity contribution in [2.24, 2.45) is 0 Å². The van der Waals surface area contributed by atoms with Crippen LogP contribution in [-0.2, 0) is 6.42 Å². The molecule has 0 atom stereocenters. The van der Waals surface area contributed by atoms with Crippen LogP contribution in [0.5, 0.6) is 5.75 Å². The topological polar surface area (TPSA) is 38.3 Å². The fraction of sp³-hybridized carbons (Fsp3) is 0.174. The van der Waals surface area contributed by atoms with E-state index in [1.54, 1.807) is 0 Å². The van der Waals surface area contributed by atoms with Gasteiger partial charge in [0.05, 0.1) is 6.61 Å². The van der Waals surface area contributed by atoms with Crippen LogP contribution >= 0.6 is 15.9 Å². The first-order valence-corrected chi connectivity index (χ1v) is 9.75. The van der Waals surface area contributed by atoms with E-state index in [1.807, 2.05) is 55.5 Å². The molecule has 0 radical (unpaired) electrons. The average molecular weight is 424 g/mol. The maximum atomic E-state index is 12.4. The van der Waals surface area contributed by atoms with Crippen LogP contribution in [0.3, 0.4) is 0 Å². The molecule has 0 saturated carbocycles. The maximum Gasteiger partial charge on any atom is 0.255 e. The van der Waals surface area contributed by atoms with E-state index in [0.29, 0.717) is 12.2 Å². The number of carbonyl (C=O) groups is 1. The van der Waals surface area contributed by atoms with Crippen LogP contribution in [0.4, 0.5) is 5.69 Å². The fourth-order valence-corrected chi connectivity index (χ4v) is 3.09. The molecule has 0 spiro atoms. The molecular weight excluding hydrogens is 402 g/mol. The molecule has 0 heterocycles. The number of hydrogen-bond donors (Lipinski definition) is 1. The Bertz CT molecular complexity index is 909. The predicted octanol–water partition coefficient (Wildman–Crippen LogP) is 6.02. The molecule has 27 heavy (non-hydrogen) atoms. The van der Waals surface area contributed by atoms with Crippen molar-refractivity contribution in [1.29, 1.82) is 0 Å². The highest BCUT2D eigenvalue weighted by molar-refractivity contribution is 9.10. The zero-order valence-electron chi connectivity index (χ0n) is 15.2. The largest absolute Gasteiger partial charge is 0.494 e. The quantitative estimate of drug-likeness (QED) is 0.471. The van der Waals surface area contributed by atoms with Crippen LogP contribution in [0.1, 0.15) is 27.9 Å². The van der Waals surface area contributed by atoms with Crippen molar-refractivity contribution in [2.45, 2.75) is 19.8 Å². The van der Waals surface area contributed by atoms with Crippen molar-refractivity contribution in [3.05, 3.63) is 94.0 Å². The summed E-state index contributed by atoms with van der Waals surface area (Å²) >= 11 is 3.46. The number of hydrogen-bond acceptors (Lipinski definition) is 2. The molecule has 4 heteroatoms. The molecule has 3 rings (SSSR count). The Morgan fingerprint density at radius 2 is 1.81 bits per heavy atom. The molecule has 0 aliphatic carbocycles. The van der Waals surface area contributed by atoms with Crippen molar-refractivity contribution < 1.29 is 9.53 Å². The van der Waals surface area contributed by atoms with Gasteiger partial charge in [-0.05, 0) is 55.2 Å². The number of anilines is 1. The van der Waals surface area contributed by atoms with Gasteiger partial charge in [0.1, 0.15) is 5.75 Å². The van der Waals surface area contributed by atoms with E-state index >= 15 is 0 Å². The lowest BCUT2D eigenvalue weighted by Crippen LogP contribution is -2.12. The highest BCUT2D eigenvalue weighted by atomic mass is 79.9. The molecule has 3 aromatic carbocycles. The van der Waals surface area contributed by atoms with Gasteiger partial charge in [0.15, 0.2) is 0 Å². The van der Waals surface area contributed by atoms with Crippen molar-refractivity contribution >= 4 is 27.5 Å². The first kappa shape index (κ1) is 19.2. The van der Waals surface area contributed by atoms with Gasteiger partial charge in [-0.2, -0.15) is 0 Å². The molecule has 0 aromatic heterocycles. The van der Waals surface area contributed by atoms with Crippen LogP contribution in [0.2, 0.25) is 0 Å². The summed E-state index contributed by atoms with van der Waals surface area (Å²) in [7, 11) is 0. The Morgan fingerprint density at radius 3 is 2.59 bits per heavy atom. The van der Waals surface area contributed by atoms with Gasteiger partial charge in [-0.1, -0.05) is 58.4 Å². The van der Waals surface area contributed by atoms with Gasteiger partial charge in [0.2, 0.25) is 0 Å². The third-order valence-corrected chi connectivity index (χ3v) is 5.10. The van der Waals surface area contributed by atoms with E-state index in [9.17, 15) is 4.79 Å². The van der Waals surface area contributed by atoms with Crippen molar-refractivity contribution in [2.75, 3.05) is 11.9 Å². The van der Waals surface area contributed by atoms with Crippen LogP contribution in [0.15, 0.2) is 77.3 Å². The van der Waals surface area contributed by atoms with Crippen molar-refractivity contribution in [3.63, 3.8) is 0 Å². The zero-order valence-corrected chi connectivity index (χ0v) is 16.8. The SMILES string of the molecule is Cc1ccc(C(=O)Nc2cccc(OCCCc3ccccc3)c2)cc1Br. The van der Waals surface area contributed by atoms with Gasteiger partial charge in [0, 0.05) is 21.8 Å². The van der Waals surface area contributed by atoms with Crippen LogP contribution in [0.25, 0.3) is 0 Å². The first-order valence-electron chi connectivity index (χ1n) is 8.96. The number of aryl methyl sites for hydroxylation is 2. The second kappa shape index (κ2) is 9.38. The standard InChI is InChI=1S/C23H22BrNO2/c1-17-12-13-19(15-22(17)24)23(26)25-20-10-5-11-21(16-20)27-14-6-9-18-7-3-2-4-8-18/h2-5,7-8,10-13,15-16H,6,9,14H2,1H3,(H,25,26). The second-order valence-corrected chi connectivity index (χ2v) is 7.24. The van der Waals surface area contributed by atoms with Crippen LogP contribution < -0.4 is 10.1 Å². The molecule has 1 N–H and O–H groups in total. The summed E-state index contributed by atoms with van der Waals surface area (Å²) in [5.74, 6) is 0.614. The van der Waals surface area contributed by atoms with Crippen LogP contribution in [-0.4, -0.2) is 12.5 Å². The lowest BCUT2D eigenvalue weighted by molar-refractivity contribution is 0.102. The van der Waals surface area contributed by atoms with Gasteiger partial charge < -0.3 is 10.1 Å². The minimum absolute atomic E-state index is 0.142. The summed E-state index contributed by atoms with van der Waals surface area (Å²) in [4.78, 5) is 12.4. The van der Waals surface area contributed by atoms with E-state index in [2.05, 4.69) is 45.5 Å². The Morgan fingerprint density at radius 1 is 1.00 bits per heavy atom. The Hall–Kier alpha value is -2.59. The van der Waals surface area contributed by atoms with E-state index in [4.69, 9.17) is 4.74 Å². The Balaban J connectivity index is 1.53. The number of halogens is 1. The van der Waals surface area contributed by atoms with Gasteiger partial charge in [-0.25, -0.2) is 0 Å². The molecular formula is C23H22BrNO2. The van der Waals surface area contributed by atoms with Crippen LogP contribution in [0, 0.1) is 6.92 Å². The minimum Gasteiger partial charge on any atom is -0.494 e. The number of nitrogens with one attached hydrogen (secondary N) is 1. The molecule has 3 nitrogen and oxygen atoms in total. The highest BCUT2D eigenvalue weighted by Crippen LogP contribution is 2.21. The summed E-state index contributed by atoms with van der Waals surface area (Å²) in [5, 5.41) is 2.92. The molecule has 0 bridgehead atoms. The predicted molar refractivity (Wildman–Crippen MR) is 114 cm³/mol. The number of ether oxygens (including phenoxy) is 1. The number of benzene rings is 3. The fourth-order valence-electron chi connectivity index (χ4n) is 2.71. The molecule has 0 aliphatic heterocycles. The van der Waals surface area contributed by atoms with E-state index in [-0.39, 0.29) is 5.91 Å². The summed E-state index contributed by atoms with van der Waals surface area (Å²) < 4.78 is 6.75. The van der Waals surface area contributed by atoms with E-state index < -0.39 is 0 Å². The Kier molecular flexibility index (Phi) is 6.66. The van der Waals surface area contributed by atoms with Gasteiger partial charge in [-0.15, -0.1) is 0 Å². The second-order valence-electron chi connectivity index (χ2n) is 6.38. The normalized spacial score (nSPS) is 10.4. The molecule has 1 amide bonds. The van der Waals surface area contributed by atoms with Gasteiger partial charge >= 0.3 is 0 Å². The monoisotopic (exact) mass is 423 g/mol. The zero-order chi connectivity index (χ0) is 19.1. The lowest BCUT2D eigenvalue weighted by Gasteiger charge is -2.10. The third kappa shape index (κ3) is 5.69. The number of amides is 1. The van der Waals surface area contributed by atoms with E-state index in [0.717, 1.165) is 34.3 Å². The summed E-state index contributed by atoms with van der Waals surface area (Å²) in [5.41, 5.74) is 3.74. The summed E-state index contributed by atoms with van der Waals surface area (Å²) in [6.07, 6.45) is 1.93. The lowest BCUT2D eigenvalue weighted by atomic mass is 10.1. The van der Waals surface area contributed by atoms with Gasteiger partial charge in [0.25, 0.3) is 5.91 Å². The minimum atomic E-state index is -0.142. The molecule has 0 fully saturated rings. The third-order valence-electron chi connectivity index (χ3n) is 4.25. The maximum absolute atomic E-state index is 12.4. The average Bonchev–Trinajstić information content (AvgIpc) is 2.68. The molecule has 3 aromatic rings.